The van der Waals surface area contributed by atoms with Crippen LogP contribution in [-0.4, -0.2) is 27.6 Å². The van der Waals surface area contributed by atoms with Gasteiger partial charge in [-0.1, -0.05) is 18.2 Å². The summed E-state index contributed by atoms with van der Waals surface area (Å²) in [5.74, 6) is 0.0920. The second-order valence-electron chi connectivity index (χ2n) is 3.67. The van der Waals surface area contributed by atoms with E-state index in [0.29, 0.717) is 6.54 Å². The Morgan fingerprint density at radius 1 is 1.41 bits per heavy atom. The average molecular weight is 230 g/mol. The molecule has 17 heavy (non-hydrogen) atoms. The highest BCUT2D eigenvalue weighted by Gasteiger charge is 2.19. The fraction of sp³-hybridized carbons (Fsp3) is 0.250. The maximum Gasteiger partial charge on any atom is 0.295 e. The molecule has 5 nitrogen and oxygen atoms in total. The summed E-state index contributed by atoms with van der Waals surface area (Å²) >= 11 is 0. The summed E-state index contributed by atoms with van der Waals surface area (Å²) in [6, 6.07) is 7.77. The molecule has 0 aliphatic rings. The number of aromatic nitrogens is 3. The quantitative estimate of drug-likeness (QED) is 0.874. The van der Waals surface area contributed by atoms with Crippen LogP contribution < -0.4 is 4.90 Å². The number of carbonyl (C=O) groups is 1. The Labute approximate surface area is 99.5 Å². The number of carbonyl (C=O) groups excluding carboxylic acids is 1. The molecule has 0 aliphatic heterocycles. The molecular formula is C12H14N4O. The number of nitrogens with one attached hydrogen (secondary N) is 1. The standard InChI is InChI=1S/C12H14N4O/c1-3-16(10-7-5-4-6-9(10)2)12(17)11-13-8-14-15-11/h4-8H,3H2,1-2H3,(H,13,14,15). The molecule has 1 heterocycles. The van der Waals surface area contributed by atoms with Crippen molar-refractivity contribution in [1.82, 2.24) is 15.2 Å². The van der Waals surface area contributed by atoms with Crippen molar-refractivity contribution in [3.63, 3.8) is 0 Å². The smallest absolute Gasteiger partial charge is 0.295 e. The Hall–Kier alpha value is -2.17. The van der Waals surface area contributed by atoms with Crippen LogP contribution >= 0.6 is 0 Å². The van der Waals surface area contributed by atoms with Gasteiger partial charge in [0.05, 0.1) is 0 Å². The van der Waals surface area contributed by atoms with E-state index in [1.54, 1.807) is 4.90 Å². The normalized spacial score (nSPS) is 10.2. The summed E-state index contributed by atoms with van der Waals surface area (Å²) < 4.78 is 0. The van der Waals surface area contributed by atoms with Gasteiger partial charge < -0.3 is 4.90 Å². The maximum absolute atomic E-state index is 12.2. The van der Waals surface area contributed by atoms with Gasteiger partial charge in [-0.3, -0.25) is 9.89 Å². The van der Waals surface area contributed by atoms with Gasteiger partial charge in [0.25, 0.3) is 5.91 Å². The molecule has 0 radical (unpaired) electrons. The monoisotopic (exact) mass is 230 g/mol. The second kappa shape index (κ2) is 4.78. The highest BCUT2D eigenvalue weighted by atomic mass is 16.2. The Bertz CT molecular complexity index is 507. The van der Waals surface area contributed by atoms with Crippen LogP contribution in [0.15, 0.2) is 30.6 Å². The first-order valence-corrected chi connectivity index (χ1v) is 5.47. The zero-order valence-electron chi connectivity index (χ0n) is 9.84. The lowest BCUT2D eigenvalue weighted by atomic mass is 10.2. The number of anilines is 1. The van der Waals surface area contributed by atoms with Crippen LogP contribution in [0.25, 0.3) is 0 Å². The van der Waals surface area contributed by atoms with E-state index in [4.69, 9.17) is 0 Å². The van der Waals surface area contributed by atoms with Crippen LogP contribution in [0.4, 0.5) is 5.69 Å². The fourth-order valence-corrected chi connectivity index (χ4v) is 1.73. The SMILES string of the molecule is CCN(C(=O)c1ncn[nH]1)c1ccccc1C. The van der Waals surface area contributed by atoms with Gasteiger partial charge in [-0.2, -0.15) is 5.10 Å². The van der Waals surface area contributed by atoms with Gasteiger partial charge in [0.15, 0.2) is 0 Å². The van der Waals surface area contributed by atoms with Gasteiger partial charge in [-0.05, 0) is 25.5 Å². The number of hydrogen-bond donors (Lipinski definition) is 1. The second-order valence-corrected chi connectivity index (χ2v) is 3.67. The Kier molecular flexibility index (Phi) is 3.18. The van der Waals surface area contributed by atoms with Crippen molar-refractivity contribution in [1.29, 1.82) is 0 Å². The third kappa shape index (κ3) is 2.18. The largest absolute Gasteiger partial charge is 0.306 e. The number of H-pyrrole nitrogens is 1. The molecule has 0 atom stereocenters. The van der Waals surface area contributed by atoms with Crippen molar-refractivity contribution >= 4 is 11.6 Å². The molecular weight excluding hydrogens is 216 g/mol. The number of hydrogen-bond acceptors (Lipinski definition) is 3. The molecule has 0 unspecified atom stereocenters. The lowest BCUT2D eigenvalue weighted by Gasteiger charge is -2.21. The van der Waals surface area contributed by atoms with E-state index in [9.17, 15) is 4.79 Å². The Morgan fingerprint density at radius 2 is 2.18 bits per heavy atom. The van der Waals surface area contributed by atoms with Crippen LogP contribution in [0.3, 0.4) is 0 Å². The van der Waals surface area contributed by atoms with E-state index in [1.165, 1.54) is 6.33 Å². The van der Waals surface area contributed by atoms with Gasteiger partial charge in [-0.25, -0.2) is 4.98 Å². The highest BCUT2D eigenvalue weighted by molar-refractivity contribution is 6.03. The van der Waals surface area contributed by atoms with Crippen molar-refractivity contribution in [2.24, 2.45) is 0 Å². The minimum Gasteiger partial charge on any atom is -0.306 e. The van der Waals surface area contributed by atoms with Crippen LogP contribution in [0.1, 0.15) is 23.1 Å². The zero-order chi connectivity index (χ0) is 12.3. The predicted molar refractivity (Wildman–Crippen MR) is 64.9 cm³/mol. The molecule has 0 spiro atoms. The van der Waals surface area contributed by atoms with E-state index in [1.807, 2.05) is 38.1 Å². The van der Waals surface area contributed by atoms with E-state index >= 15 is 0 Å². The number of nitrogens with zero attached hydrogens (tertiary/aromatic N) is 3. The molecule has 1 aromatic heterocycles. The first-order valence-electron chi connectivity index (χ1n) is 5.47. The minimum atomic E-state index is -0.167. The van der Waals surface area contributed by atoms with Crippen molar-refractivity contribution in [3.05, 3.63) is 42.0 Å². The third-order valence-corrected chi connectivity index (χ3v) is 2.59. The number of amides is 1. The molecule has 0 aliphatic carbocycles. The van der Waals surface area contributed by atoms with Crippen LogP contribution in [0.2, 0.25) is 0 Å². The Balaban J connectivity index is 2.35. The molecule has 1 N–H and O–H groups in total. The summed E-state index contributed by atoms with van der Waals surface area (Å²) in [6.07, 6.45) is 1.33. The summed E-state index contributed by atoms with van der Waals surface area (Å²) in [5.41, 5.74) is 1.96. The van der Waals surface area contributed by atoms with Crippen LogP contribution in [0.5, 0.6) is 0 Å². The van der Waals surface area contributed by atoms with Crippen molar-refractivity contribution in [2.75, 3.05) is 11.4 Å². The number of aromatic amines is 1. The summed E-state index contributed by atoms with van der Waals surface area (Å²) in [4.78, 5) is 17.7. The number of aryl methyl sites for hydroxylation is 1. The number of benzene rings is 1. The minimum absolute atomic E-state index is 0.167. The first kappa shape index (κ1) is 11.3. The van der Waals surface area contributed by atoms with Gasteiger partial charge in [0.1, 0.15) is 6.33 Å². The first-order chi connectivity index (χ1) is 8.24. The molecule has 2 aromatic rings. The highest BCUT2D eigenvalue weighted by Crippen LogP contribution is 2.20. The van der Waals surface area contributed by atoms with Crippen molar-refractivity contribution < 1.29 is 4.79 Å². The Morgan fingerprint density at radius 3 is 2.76 bits per heavy atom. The van der Waals surface area contributed by atoms with Crippen LogP contribution in [-0.2, 0) is 0 Å². The molecule has 5 heteroatoms. The molecule has 0 saturated heterocycles. The molecule has 1 amide bonds. The van der Waals surface area contributed by atoms with Gasteiger partial charge in [0.2, 0.25) is 5.82 Å². The van der Waals surface area contributed by atoms with E-state index in [0.717, 1.165) is 11.3 Å². The molecule has 0 fully saturated rings. The van der Waals surface area contributed by atoms with E-state index in [2.05, 4.69) is 15.2 Å². The molecule has 2 rings (SSSR count). The fourth-order valence-electron chi connectivity index (χ4n) is 1.73. The average Bonchev–Trinajstić information content (AvgIpc) is 2.86. The van der Waals surface area contributed by atoms with E-state index < -0.39 is 0 Å². The van der Waals surface area contributed by atoms with Crippen LogP contribution in [0, 0.1) is 6.92 Å². The molecule has 1 aromatic carbocycles. The van der Waals surface area contributed by atoms with E-state index in [-0.39, 0.29) is 11.7 Å². The van der Waals surface area contributed by atoms with Gasteiger partial charge in [-0.15, -0.1) is 0 Å². The number of rotatable bonds is 3. The maximum atomic E-state index is 12.2. The van der Waals surface area contributed by atoms with Crippen molar-refractivity contribution in [3.8, 4) is 0 Å². The predicted octanol–water partition coefficient (Wildman–Crippen LogP) is 1.78. The van der Waals surface area contributed by atoms with Gasteiger partial charge in [0, 0.05) is 12.2 Å². The lowest BCUT2D eigenvalue weighted by molar-refractivity contribution is 0.0978. The molecule has 0 saturated carbocycles. The summed E-state index contributed by atoms with van der Waals surface area (Å²) in [5, 5.41) is 6.28. The third-order valence-electron chi connectivity index (χ3n) is 2.59. The van der Waals surface area contributed by atoms with Crippen molar-refractivity contribution in [2.45, 2.75) is 13.8 Å². The van der Waals surface area contributed by atoms with Gasteiger partial charge >= 0.3 is 0 Å². The zero-order valence-corrected chi connectivity index (χ0v) is 9.84. The summed E-state index contributed by atoms with van der Waals surface area (Å²) in [6.45, 7) is 4.50. The molecule has 0 bridgehead atoms. The summed E-state index contributed by atoms with van der Waals surface area (Å²) in [7, 11) is 0. The molecule has 88 valence electrons. The lowest BCUT2D eigenvalue weighted by Crippen LogP contribution is -2.32. The number of para-hydroxylation sites is 1. The topological polar surface area (TPSA) is 61.9 Å².